The summed E-state index contributed by atoms with van der Waals surface area (Å²) in [5.74, 6) is 0. The molecule has 0 atom stereocenters. The Labute approximate surface area is 80.5 Å². The van der Waals surface area contributed by atoms with Gasteiger partial charge in [0.15, 0.2) is 10.3 Å². The molecule has 1 heterocycles. The second-order valence-corrected chi connectivity index (χ2v) is 6.62. The first-order chi connectivity index (χ1) is 5.41. The van der Waals surface area contributed by atoms with E-state index in [2.05, 4.69) is 10.2 Å². The molecule has 6 heteroatoms. The van der Waals surface area contributed by atoms with Gasteiger partial charge in [0, 0.05) is 0 Å². The Bertz CT molecular complexity index is 349. The summed E-state index contributed by atoms with van der Waals surface area (Å²) >= 11 is 11.2. The van der Waals surface area contributed by atoms with E-state index in [1.807, 2.05) is 0 Å². The molecule has 1 rings (SSSR count). The van der Waals surface area contributed by atoms with Crippen molar-refractivity contribution in [1.82, 2.24) is 10.2 Å². The minimum Gasteiger partial charge on any atom is -0.319 e. The van der Waals surface area contributed by atoms with Crippen LogP contribution in [-0.2, 0) is 4.57 Å². The molecule has 12 heavy (non-hydrogen) atoms. The molecular weight excluding hydrogens is 218 g/mol. The molecule has 1 aromatic heterocycles. The van der Waals surface area contributed by atoms with E-state index in [1.54, 1.807) is 13.3 Å². The van der Waals surface area contributed by atoms with Crippen molar-refractivity contribution in [1.29, 1.82) is 0 Å². The molecule has 3 nitrogen and oxygen atoms in total. The van der Waals surface area contributed by atoms with Gasteiger partial charge in [-0.25, -0.2) is 0 Å². The van der Waals surface area contributed by atoms with Crippen molar-refractivity contribution < 1.29 is 4.57 Å². The summed E-state index contributed by atoms with van der Waals surface area (Å²) in [5.41, 5.74) is 0. The zero-order valence-corrected chi connectivity index (χ0v) is 8.99. The van der Waals surface area contributed by atoms with Crippen LogP contribution in [0.4, 0.5) is 0 Å². The Hall–Kier alpha value is -0.110. The highest BCUT2D eigenvalue weighted by atomic mass is 35.5. The van der Waals surface area contributed by atoms with Gasteiger partial charge >= 0.3 is 0 Å². The first-order valence-corrected chi connectivity index (χ1v) is 6.51. The van der Waals surface area contributed by atoms with Gasteiger partial charge in [0.1, 0.15) is 7.14 Å². The summed E-state index contributed by atoms with van der Waals surface area (Å²) in [6.07, 6.45) is 0. The molecule has 0 spiro atoms. The smallest absolute Gasteiger partial charge is 0.162 e. The lowest BCUT2D eigenvalue weighted by molar-refractivity contribution is 0.588. The molecule has 0 fully saturated rings. The number of hydrogen-bond donors (Lipinski definition) is 0. The van der Waals surface area contributed by atoms with Gasteiger partial charge in [0.25, 0.3) is 0 Å². The molecule has 0 saturated heterocycles. The predicted molar refractivity (Wildman–Crippen MR) is 51.1 cm³/mol. The molecule has 1 aromatic rings. The summed E-state index contributed by atoms with van der Waals surface area (Å²) in [5, 5.41) is 7.91. The lowest BCUT2D eigenvalue weighted by atomic mass is 10.6. The number of halogens is 2. The molecule has 66 valence electrons. The minimum absolute atomic E-state index is 0.160. The molecule has 0 bridgehead atoms. The van der Waals surface area contributed by atoms with Gasteiger partial charge in [-0.3, -0.25) is 0 Å². The standard InChI is InChI=1S/C6H7Cl2N2OP/c1-12(2,11)4-3-5(7)9-10-6(4)8/h3H,1-2H3. The highest BCUT2D eigenvalue weighted by Gasteiger charge is 2.17. The molecule has 0 aliphatic heterocycles. The topological polar surface area (TPSA) is 42.9 Å². The zero-order valence-electron chi connectivity index (χ0n) is 6.58. The predicted octanol–water partition coefficient (Wildman–Crippen LogP) is 2.03. The van der Waals surface area contributed by atoms with Crippen LogP contribution in [0, 0.1) is 0 Å². The molecule has 0 unspecified atom stereocenters. The fraction of sp³-hybridized carbons (Fsp3) is 0.333. The molecular formula is C6H7Cl2N2OP. The lowest BCUT2D eigenvalue weighted by Crippen LogP contribution is -2.07. The number of nitrogens with zero attached hydrogens (tertiary/aromatic N) is 2. The van der Waals surface area contributed by atoms with Crippen LogP contribution < -0.4 is 5.30 Å². The van der Waals surface area contributed by atoms with Gasteiger partial charge in [-0.1, -0.05) is 23.2 Å². The fourth-order valence-corrected chi connectivity index (χ4v) is 2.57. The van der Waals surface area contributed by atoms with Crippen molar-refractivity contribution in [3.05, 3.63) is 16.4 Å². The Morgan fingerprint density at radius 2 is 1.92 bits per heavy atom. The van der Waals surface area contributed by atoms with E-state index in [1.165, 1.54) is 6.07 Å². The highest BCUT2D eigenvalue weighted by Crippen LogP contribution is 2.37. The summed E-state index contributed by atoms with van der Waals surface area (Å²) in [4.78, 5) is 0. The molecule has 0 N–H and O–H groups in total. The second-order valence-electron chi connectivity index (χ2n) is 2.69. The van der Waals surface area contributed by atoms with Crippen molar-refractivity contribution in [2.75, 3.05) is 13.3 Å². The Morgan fingerprint density at radius 3 is 2.33 bits per heavy atom. The van der Waals surface area contributed by atoms with Gasteiger partial charge in [-0.05, 0) is 19.4 Å². The third kappa shape index (κ3) is 2.19. The van der Waals surface area contributed by atoms with Gasteiger partial charge in [-0.15, -0.1) is 10.2 Å². The lowest BCUT2D eigenvalue weighted by Gasteiger charge is -2.06. The largest absolute Gasteiger partial charge is 0.319 e. The maximum atomic E-state index is 11.6. The third-order valence-corrected chi connectivity index (χ3v) is 3.38. The van der Waals surface area contributed by atoms with E-state index in [0.29, 0.717) is 5.30 Å². The average Bonchev–Trinajstić information content (AvgIpc) is 1.92. The van der Waals surface area contributed by atoms with Crippen molar-refractivity contribution in [3.8, 4) is 0 Å². The maximum absolute atomic E-state index is 11.6. The summed E-state index contributed by atoms with van der Waals surface area (Å²) in [6, 6.07) is 1.48. The highest BCUT2D eigenvalue weighted by molar-refractivity contribution is 7.70. The second kappa shape index (κ2) is 3.33. The molecule has 0 saturated carbocycles. The molecule has 0 aliphatic rings. The van der Waals surface area contributed by atoms with Gasteiger partial charge in [-0.2, -0.15) is 0 Å². The third-order valence-electron chi connectivity index (χ3n) is 1.28. The number of rotatable bonds is 1. The van der Waals surface area contributed by atoms with Crippen molar-refractivity contribution in [2.45, 2.75) is 0 Å². The molecule has 0 amide bonds. The fourth-order valence-electron chi connectivity index (χ4n) is 0.722. The van der Waals surface area contributed by atoms with Crippen LogP contribution in [0.25, 0.3) is 0 Å². The van der Waals surface area contributed by atoms with Gasteiger partial charge < -0.3 is 4.57 Å². The summed E-state index contributed by atoms with van der Waals surface area (Å²) in [7, 11) is -2.40. The van der Waals surface area contributed by atoms with E-state index in [9.17, 15) is 4.57 Å². The Morgan fingerprint density at radius 1 is 1.33 bits per heavy atom. The van der Waals surface area contributed by atoms with Gasteiger partial charge in [0.2, 0.25) is 0 Å². The van der Waals surface area contributed by atoms with Crippen LogP contribution in [0.2, 0.25) is 10.3 Å². The molecule has 0 aliphatic carbocycles. The van der Waals surface area contributed by atoms with Crippen LogP contribution in [0.5, 0.6) is 0 Å². The summed E-state index contributed by atoms with van der Waals surface area (Å²) < 4.78 is 11.6. The number of aromatic nitrogens is 2. The van der Waals surface area contributed by atoms with Gasteiger partial charge in [0.05, 0.1) is 5.30 Å². The van der Waals surface area contributed by atoms with E-state index in [-0.39, 0.29) is 10.3 Å². The van der Waals surface area contributed by atoms with Crippen LogP contribution in [-0.4, -0.2) is 23.5 Å². The van der Waals surface area contributed by atoms with Crippen LogP contribution in [0.15, 0.2) is 6.07 Å². The van der Waals surface area contributed by atoms with Crippen LogP contribution in [0.1, 0.15) is 0 Å². The van der Waals surface area contributed by atoms with E-state index >= 15 is 0 Å². The van der Waals surface area contributed by atoms with Crippen molar-refractivity contribution >= 4 is 35.6 Å². The van der Waals surface area contributed by atoms with E-state index in [0.717, 1.165) is 0 Å². The average molecular weight is 225 g/mol. The Balaban J connectivity index is 3.33. The van der Waals surface area contributed by atoms with Crippen LogP contribution >= 0.6 is 30.3 Å². The number of hydrogen-bond acceptors (Lipinski definition) is 3. The maximum Gasteiger partial charge on any atom is 0.162 e. The van der Waals surface area contributed by atoms with Crippen molar-refractivity contribution in [3.63, 3.8) is 0 Å². The first-order valence-electron chi connectivity index (χ1n) is 3.15. The van der Waals surface area contributed by atoms with E-state index < -0.39 is 7.14 Å². The molecule has 0 radical (unpaired) electrons. The zero-order chi connectivity index (χ0) is 9.35. The normalized spacial score (nSPS) is 11.7. The molecule has 0 aromatic carbocycles. The Kier molecular flexibility index (Phi) is 2.77. The monoisotopic (exact) mass is 224 g/mol. The quantitative estimate of drug-likeness (QED) is 0.686. The summed E-state index contributed by atoms with van der Waals surface area (Å²) in [6.45, 7) is 3.21. The first kappa shape index (κ1) is 9.97. The minimum atomic E-state index is -2.40. The SMILES string of the molecule is CP(C)(=O)c1cc(Cl)nnc1Cl. The van der Waals surface area contributed by atoms with E-state index in [4.69, 9.17) is 23.2 Å². The van der Waals surface area contributed by atoms with Crippen molar-refractivity contribution in [2.24, 2.45) is 0 Å². The van der Waals surface area contributed by atoms with Crippen LogP contribution in [0.3, 0.4) is 0 Å².